The SMILES string of the molecule is Cn1cnnc1-c1ccc(C#N)cc1-c1cc(NCC(N)=O)nc(N2Cc3c(cccc3C(F)(F)F)C2=O)c1. The zero-order valence-electron chi connectivity index (χ0n) is 20.3. The van der Waals surface area contributed by atoms with E-state index in [1.165, 1.54) is 24.5 Å². The number of aryl methyl sites for hydroxylation is 1. The van der Waals surface area contributed by atoms with E-state index in [-0.39, 0.29) is 35.9 Å². The molecule has 3 N–H and O–H groups in total. The maximum atomic E-state index is 13.7. The second-order valence-corrected chi connectivity index (χ2v) is 8.78. The molecule has 5 rings (SSSR count). The highest BCUT2D eigenvalue weighted by molar-refractivity contribution is 6.10. The summed E-state index contributed by atoms with van der Waals surface area (Å²) in [6, 6.07) is 13.6. The Labute approximate surface area is 219 Å². The number of hydrogen-bond acceptors (Lipinski definition) is 7. The van der Waals surface area contributed by atoms with Crippen molar-refractivity contribution < 1.29 is 22.8 Å². The van der Waals surface area contributed by atoms with Crippen LogP contribution in [-0.2, 0) is 24.6 Å². The number of nitrogens with zero attached hydrogens (tertiary/aromatic N) is 6. The Morgan fingerprint density at radius 3 is 2.62 bits per heavy atom. The Morgan fingerprint density at radius 1 is 1.15 bits per heavy atom. The highest BCUT2D eigenvalue weighted by atomic mass is 19.4. The van der Waals surface area contributed by atoms with Crippen LogP contribution in [0.2, 0.25) is 0 Å². The van der Waals surface area contributed by atoms with Gasteiger partial charge in [0.2, 0.25) is 5.91 Å². The Balaban J connectivity index is 1.67. The molecule has 10 nitrogen and oxygen atoms in total. The van der Waals surface area contributed by atoms with Crippen LogP contribution in [-0.4, -0.2) is 38.1 Å². The first kappa shape index (κ1) is 25.4. The number of carbonyl (C=O) groups is 2. The number of nitriles is 1. The average molecular weight is 532 g/mol. The lowest BCUT2D eigenvalue weighted by molar-refractivity contribution is -0.138. The number of primary amides is 1. The van der Waals surface area contributed by atoms with Crippen LogP contribution < -0.4 is 16.0 Å². The first-order chi connectivity index (χ1) is 18.6. The van der Waals surface area contributed by atoms with Crippen molar-refractivity contribution in [3.05, 3.63) is 77.1 Å². The summed E-state index contributed by atoms with van der Waals surface area (Å²) in [6.07, 6.45) is -3.14. The Bertz CT molecular complexity index is 1670. The molecule has 39 heavy (non-hydrogen) atoms. The van der Waals surface area contributed by atoms with Crippen LogP contribution in [0.3, 0.4) is 0 Å². The molecule has 13 heteroatoms. The van der Waals surface area contributed by atoms with Gasteiger partial charge in [-0.05, 0) is 59.2 Å². The van der Waals surface area contributed by atoms with Crippen LogP contribution in [0.1, 0.15) is 27.0 Å². The lowest BCUT2D eigenvalue weighted by Gasteiger charge is -2.19. The van der Waals surface area contributed by atoms with Gasteiger partial charge in [0.15, 0.2) is 5.82 Å². The molecule has 2 amide bonds. The number of amides is 2. The minimum Gasteiger partial charge on any atom is -0.368 e. The van der Waals surface area contributed by atoms with Crippen molar-refractivity contribution in [2.75, 3.05) is 16.8 Å². The van der Waals surface area contributed by atoms with Crippen molar-refractivity contribution in [3.8, 4) is 28.6 Å². The third-order valence-corrected chi connectivity index (χ3v) is 6.22. The minimum atomic E-state index is -4.64. The second kappa shape index (κ2) is 9.56. The second-order valence-electron chi connectivity index (χ2n) is 8.78. The third-order valence-electron chi connectivity index (χ3n) is 6.22. The van der Waals surface area contributed by atoms with Crippen molar-refractivity contribution in [2.45, 2.75) is 12.7 Å². The monoisotopic (exact) mass is 532 g/mol. The van der Waals surface area contributed by atoms with E-state index in [0.29, 0.717) is 28.1 Å². The average Bonchev–Trinajstić information content (AvgIpc) is 3.49. The minimum absolute atomic E-state index is 0.0417. The topological polar surface area (TPSA) is 143 Å². The van der Waals surface area contributed by atoms with Gasteiger partial charge in [-0.3, -0.25) is 14.5 Å². The van der Waals surface area contributed by atoms with Gasteiger partial charge < -0.3 is 15.6 Å². The van der Waals surface area contributed by atoms with Gasteiger partial charge in [0.05, 0.1) is 30.3 Å². The highest BCUT2D eigenvalue weighted by Crippen LogP contribution is 2.40. The molecular formula is C26H19F3N8O2. The van der Waals surface area contributed by atoms with Crippen molar-refractivity contribution in [2.24, 2.45) is 12.8 Å². The molecular weight excluding hydrogens is 513 g/mol. The quantitative estimate of drug-likeness (QED) is 0.387. The number of anilines is 2. The Kier molecular flexibility index (Phi) is 6.23. The summed E-state index contributed by atoms with van der Waals surface area (Å²) < 4.78 is 42.7. The van der Waals surface area contributed by atoms with Crippen LogP contribution in [0.4, 0.5) is 24.8 Å². The molecule has 3 heterocycles. The number of benzene rings is 2. The number of pyridine rings is 1. The van der Waals surface area contributed by atoms with E-state index < -0.39 is 23.6 Å². The van der Waals surface area contributed by atoms with E-state index in [1.54, 1.807) is 35.9 Å². The lowest BCUT2D eigenvalue weighted by atomic mass is 9.97. The summed E-state index contributed by atoms with van der Waals surface area (Å²) in [4.78, 5) is 30.2. The molecule has 4 aromatic rings. The number of rotatable bonds is 6. The van der Waals surface area contributed by atoms with E-state index in [1.807, 2.05) is 0 Å². The van der Waals surface area contributed by atoms with Gasteiger partial charge in [-0.15, -0.1) is 10.2 Å². The number of aromatic nitrogens is 4. The van der Waals surface area contributed by atoms with Crippen LogP contribution in [0.5, 0.6) is 0 Å². The normalized spacial score (nSPS) is 12.8. The maximum absolute atomic E-state index is 13.7. The van der Waals surface area contributed by atoms with Crippen molar-refractivity contribution >= 4 is 23.5 Å². The zero-order valence-corrected chi connectivity index (χ0v) is 20.3. The molecule has 0 unspecified atom stereocenters. The third kappa shape index (κ3) is 4.75. The Hall–Kier alpha value is -5.25. The number of nitrogens with two attached hydrogens (primary N) is 1. The summed E-state index contributed by atoms with van der Waals surface area (Å²) in [7, 11) is 1.74. The highest BCUT2D eigenvalue weighted by Gasteiger charge is 2.40. The molecule has 0 aliphatic carbocycles. The predicted octanol–water partition coefficient (Wildman–Crippen LogP) is 3.49. The number of fused-ring (bicyclic) bond motifs is 1. The maximum Gasteiger partial charge on any atom is 0.416 e. The summed E-state index contributed by atoms with van der Waals surface area (Å²) in [6.45, 7) is -0.638. The van der Waals surface area contributed by atoms with E-state index >= 15 is 0 Å². The first-order valence-corrected chi connectivity index (χ1v) is 11.5. The van der Waals surface area contributed by atoms with Crippen LogP contribution >= 0.6 is 0 Å². The number of halogens is 3. The van der Waals surface area contributed by atoms with Gasteiger partial charge in [0, 0.05) is 18.2 Å². The van der Waals surface area contributed by atoms with E-state index in [4.69, 9.17) is 5.73 Å². The van der Waals surface area contributed by atoms with E-state index in [9.17, 15) is 28.0 Å². The number of carbonyl (C=O) groups excluding carboxylic acids is 2. The van der Waals surface area contributed by atoms with Gasteiger partial charge in [0.25, 0.3) is 5.91 Å². The fraction of sp³-hybridized carbons (Fsp3) is 0.154. The standard InChI is InChI=1S/C26H19F3N8O2/c1-36-13-33-35-24(36)16-6-5-14(10-30)7-18(16)15-8-22(32-11-21(31)38)34-23(9-15)37-12-19-17(25(37)39)3-2-4-20(19)26(27,28)29/h2-9,13H,11-12H2,1H3,(H2,31,38)(H,32,34). The van der Waals surface area contributed by atoms with Crippen molar-refractivity contribution in [1.82, 2.24) is 19.7 Å². The van der Waals surface area contributed by atoms with Gasteiger partial charge in [-0.1, -0.05) is 6.07 Å². The lowest BCUT2D eigenvalue weighted by Crippen LogP contribution is -2.25. The van der Waals surface area contributed by atoms with Gasteiger partial charge in [0.1, 0.15) is 18.0 Å². The number of hydrogen-bond donors (Lipinski definition) is 2. The molecule has 0 spiro atoms. The molecule has 1 aliphatic rings. The molecule has 1 aliphatic heterocycles. The number of alkyl halides is 3. The summed E-state index contributed by atoms with van der Waals surface area (Å²) in [5.74, 6) is -0.651. The predicted molar refractivity (Wildman–Crippen MR) is 134 cm³/mol. The molecule has 0 radical (unpaired) electrons. The molecule has 0 fully saturated rings. The molecule has 0 saturated carbocycles. The Morgan fingerprint density at radius 2 is 1.95 bits per heavy atom. The summed E-state index contributed by atoms with van der Waals surface area (Å²) >= 11 is 0. The fourth-order valence-corrected chi connectivity index (χ4v) is 4.44. The van der Waals surface area contributed by atoms with E-state index in [2.05, 4.69) is 26.6 Å². The summed E-state index contributed by atoms with van der Waals surface area (Å²) in [5, 5.41) is 20.4. The van der Waals surface area contributed by atoms with Crippen molar-refractivity contribution in [1.29, 1.82) is 5.26 Å². The molecule has 0 bridgehead atoms. The first-order valence-electron chi connectivity index (χ1n) is 11.5. The summed E-state index contributed by atoms with van der Waals surface area (Å²) in [5.41, 5.74) is 6.07. The van der Waals surface area contributed by atoms with E-state index in [0.717, 1.165) is 11.0 Å². The van der Waals surface area contributed by atoms with Crippen LogP contribution in [0.15, 0.2) is 54.9 Å². The molecule has 2 aromatic carbocycles. The van der Waals surface area contributed by atoms with Gasteiger partial charge >= 0.3 is 6.18 Å². The largest absolute Gasteiger partial charge is 0.416 e. The molecule has 2 aromatic heterocycles. The molecule has 0 saturated heterocycles. The molecule has 196 valence electrons. The van der Waals surface area contributed by atoms with Crippen molar-refractivity contribution in [3.63, 3.8) is 0 Å². The van der Waals surface area contributed by atoms with Crippen LogP contribution in [0.25, 0.3) is 22.5 Å². The smallest absolute Gasteiger partial charge is 0.368 e. The number of nitrogens with one attached hydrogen (secondary N) is 1. The van der Waals surface area contributed by atoms with Gasteiger partial charge in [-0.25, -0.2) is 4.98 Å². The molecule has 0 atom stereocenters. The zero-order chi connectivity index (χ0) is 27.9. The fourth-order valence-electron chi connectivity index (χ4n) is 4.44. The van der Waals surface area contributed by atoms with Gasteiger partial charge in [-0.2, -0.15) is 18.4 Å². The van der Waals surface area contributed by atoms with Crippen LogP contribution in [0, 0.1) is 11.3 Å².